The molecule has 0 spiro atoms. The Balaban J connectivity index is 1.68. The summed E-state index contributed by atoms with van der Waals surface area (Å²) in [6.45, 7) is 6.91. The normalized spacial score (nSPS) is 11.8. The molecular formula is C24H22ClN3O2. The average molecular weight is 420 g/mol. The summed E-state index contributed by atoms with van der Waals surface area (Å²) < 4.78 is 5.82. The molecule has 3 rings (SSSR count). The van der Waals surface area contributed by atoms with Crippen molar-refractivity contribution in [3.8, 4) is 22.8 Å². The number of ether oxygens (including phenoxy) is 1. The van der Waals surface area contributed by atoms with Crippen molar-refractivity contribution in [2.24, 2.45) is 4.99 Å². The van der Waals surface area contributed by atoms with Gasteiger partial charge < -0.3 is 10.1 Å². The van der Waals surface area contributed by atoms with E-state index in [1.807, 2.05) is 67.6 Å². The lowest BCUT2D eigenvalue weighted by atomic mass is 10.1. The summed E-state index contributed by atoms with van der Waals surface area (Å²) in [7, 11) is 0. The van der Waals surface area contributed by atoms with Crippen LogP contribution in [0, 0.1) is 0 Å². The maximum atomic E-state index is 11.0. The fourth-order valence-electron chi connectivity index (χ4n) is 2.81. The van der Waals surface area contributed by atoms with Crippen molar-refractivity contribution < 1.29 is 9.53 Å². The van der Waals surface area contributed by atoms with Gasteiger partial charge in [-0.15, -0.1) is 0 Å². The van der Waals surface area contributed by atoms with E-state index in [9.17, 15) is 4.79 Å². The molecule has 30 heavy (non-hydrogen) atoms. The van der Waals surface area contributed by atoms with Crippen molar-refractivity contribution >= 4 is 36.0 Å². The second-order valence-corrected chi connectivity index (χ2v) is 7.14. The molecule has 1 aromatic heterocycles. The Labute approximate surface area is 181 Å². The average Bonchev–Trinajstić information content (AvgIpc) is 2.74. The zero-order valence-electron chi connectivity index (χ0n) is 16.8. The number of carbonyl (C=O) groups excluding carboxylic acids is 1. The monoisotopic (exact) mass is 419 g/mol. The van der Waals surface area contributed by atoms with Crippen LogP contribution < -0.4 is 10.1 Å². The molecular weight excluding hydrogens is 398 g/mol. The molecule has 0 saturated heterocycles. The van der Waals surface area contributed by atoms with Crippen LogP contribution in [0.2, 0.25) is 5.02 Å². The van der Waals surface area contributed by atoms with Crippen molar-refractivity contribution in [2.45, 2.75) is 19.9 Å². The molecule has 0 bridgehead atoms. The smallest absolute Gasteiger partial charge is 0.219 e. The van der Waals surface area contributed by atoms with E-state index < -0.39 is 0 Å². The highest BCUT2D eigenvalue weighted by Crippen LogP contribution is 2.33. The number of nitrogens with zero attached hydrogens (tertiary/aromatic N) is 2. The van der Waals surface area contributed by atoms with E-state index in [0.717, 1.165) is 22.4 Å². The van der Waals surface area contributed by atoms with E-state index in [1.165, 1.54) is 6.92 Å². The van der Waals surface area contributed by atoms with Gasteiger partial charge in [0.05, 0.1) is 10.7 Å². The predicted octanol–water partition coefficient (Wildman–Crippen LogP) is 6.06. The molecule has 0 aliphatic heterocycles. The Bertz CT molecular complexity index is 1060. The number of nitrogens with one attached hydrogen (secondary N) is 1. The van der Waals surface area contributed by atoms with Gasteiger partial charge in [-0.2, -0.15) is 0 Å². The molecule has 0 aliphatic carbocycles. The number of pyridine rings is 1. The minimum atomic E-state index is -0.0669. The zero-order chi connectivity index (χ0) is 21.5. The molecule has 0 saturated carbocycles. The number of aromatic nitrogens is 1. The summed E-state index contributed by atoms with van der Waals surface area (Å²) in [6, 6.07) is 17.0. The van der Waals surface area contributed by atoms with E-state index in [4.69, 9.17) is 16.3 Å². The molecule has 1 heterocycles. The van der Waals surface area contributed by atoms with Crippen LogP contribution >= 0.6 is 11.6 Å². The number of amides is 1. The van der Waals surface area contributed by atoms with Crippen molar-refractivity contribution in [1.29, 1.82) is 0 Å². The van der Waals surface area contributed by atoms with Crippen LogP contribution in [0.15, 0.2) is 71.9 Å². The molecule has 1 atom stereocenters. The number of rotatable bonds is 7. The van der Waals surface area contributed by atoms with Crippen LogP contribution in [-0.4, -0.2) is 23.7 Å². The highest BCUT2D eigenvalue weighted by Gasteiger charge is 2.07. The molecule has 2 aromatic carbocycles. The number of halogens is 1. The Morgan fingerprint density at radius 2 is 1.90 bits per heavy atom. The second-order valence-electron chi connectivity index (χ2n) is 6.73. The lowest BCUT2D eigenvalue weighted by Gasteiger charge is -2.09. The maximum absolute atomic E-state index is 11.0. The summed E-state index contributed by atoms with van der Waals surface area (Å²) in [6.07, 6.45) is 5.49. The molecule has 6 heteroatoms. The molecule has 0 radical (unpaired) electrons. The van der Waals surface area contributed by atoms with Gasteiger partial charge in [-0.1, -0.05) is 42.0 Å². The lowest BCUT2D eigenvalue weighted by Crippen LogP contribution is -2.28. The summed E-state index contributed by atoms with van der Waals surface area (Å²) in [5.41, 5.74) is 3.72. The molecule has 5 nitrogen and oxygen atoms in total. The van der Waals surface area contributed by atoms with Gasteiger partial charge in [0, 0.05) is 25.2 Å². The standard InChI is InChI=1S/C24H22ClN3O2/c1-16(28-17(2)29)4-5-18-6-13-24(27-15-18)30-23-12-9-20(14-22(23)25)19-7-10-21(26-3)11-8-19/h4-16H,3H2,1-2H3,(H,28,29)/b5-4+/t16-/m0/s1. The summed E-state index contributed by atoms with van der Waals surface area (Å²) in [5, 5.41) is 3.29. The van der Waals surface area contributed by atoms with E-state index in [-0.39, 0.29) is 11.9 Å². The molecule has 1 N–H and O–H groups in total. The fourth-order valence-corrected chi connectivity index (χ4v) is 3.03. The Morgan fingerprint density at radius 3 is 2.50 bits per heavy atom. The van der Waals surface area contributed by atoms with Crippen molar-refractivity contribution in [3.63, 3.8) is 0 Å². The highest BCUT2D eigenvalue weighted by atomic mass is 35.5. The van der Waals surface area contributed by atoms with E-state index in [2.05, 4.69) is 22.0 Å². The van der Waals surface area contributed by atoms with Gasteiger partial charge in [0.15, 0.2) is 0 Å². The van der Waals surface area contributed by atoms with Gasteiger partial charge in [0.1, 0.15) is 5.75 Å². The SMILES string of the molecule is C=Nc1ccc(-c2ccc(Oc3ccc(/C=C/[C@H](C)NC(C)=O)cn3)c(Cl)c2)cc1. The van der Waals surface area contributed by atoms with Crippen molar-refractivity contribution in [2.75, 3.05) is 0 Å². The Morgan fingerprint density at radius 1 is 1.17 bits per heavy atom. The molecule has 0 fully saturated rings. The number of carbonyl (C=O) groups is 1. The molecule has 1 amide bonds. The first-order chi connectivity index (χ1) is 14.4. The fraction of sp³-hybridized carbons (Fsp3) is 0.125. The highest BCUT2D eigenvalue weighted by molar-refractivity contribution is 6.32. The maximum Gasteiger partial charge on any atom is 0.219 e. The first kappa shape index (κ1) is 21.3. The van der Waals surface area contributed by atoms with Crippen LogP contribution in [0.3, 0.4) is 0 Å². The van der Waals surface area contributed by atoms with Gasteiger partial charge in [-0.25, -0.2) is 4.98 Å². The summed E-state index contributed by atoms with van der Waals surface area (Å²) in [4.78, 5) is 19.3. The summed E-state index contributed by atoms with van der Waals surface area (Å²) in [5.74, 6) is 0.903. The third-order valence-corrected chi connectivity index (χ3v) is 4.59. The van der Waals surface area contributed by atoms with Crippen LogP contribution in [0.5, 0.6) is 11.6 Å². The van der Waals surface area contributed by atoms with Crippen LogP contribution in [0.4, 0.5) is 5.69 Å². The van der Waals surface area contributed by atoms with Gasteiger partial charge in [0.25, 0.3) is 0 Å². The van der Waals surface area contributed by atoms with Gasteiger partial charge in [0.2, 0.25) is 11.8 Å². The van der Waals surface area contributed by atoms with Gasteiger partial charge in [-0.05, 0) is 60.7 Å². The first-order valence-corrected chi connectivity index (χ1v) is 9.78. The number of hydrogen-bond acceptors (Lipinski definition) is 4. The van der Waals surface area contributed by atoms with Crippen molar-refractivity contribution in [1.82, 2.24) is 10.3 Å². The van der Waals surface area contributed by atoms with E-state index >= 15 is 0 Å². The molecule has 0 aliphatic rings. The quantitative estimate of drug-likeness (QED) is 0.473. The van der Waals surface area contributed by atoms with Crippen LogP contribution in [0.25, 0.3) is 17.2 Å². The topological polar surface area (TPSA) is 63.6 Å². The minimum Gasteiger partial charge on any atom is -0.437 e. The first-order valence-electron chi connectivity index (χ1n) is 9.40. The van der Waals surface area contributed by atoms with Gasteiger partial charge in [-0.3, -0.25) is 9.79 Å². The number of aliphatic imine (C=N–C) groups is 1. The molecule has 3 aromatic rings. The second kappa shape index (κ2) is 9.85. The Hall–Kier alpha value is -3.44. The third kappa shape index (κ3) is 5.78. The lowest BCUT2D eigenvalue weighted by molar-refractivity contribution is -0.119. The van der Waals surface area contributed by atoms with Crippen molar-refractivity contribution in [3.05, 3.63) is 77.5 Å². The third-order valence-electron chi connectivity index (χ3n) is 4.30. The van der Waals surface area contributed by atoms with Crippen LogP contribution in [0.1, 0.15) is 19.4 Å². The number of benzene rings is 2. The number of hydrogen-bond donors (Lipinski definition) is 1. The Kier molecular flexibility index (Phi) is 6.99. The van der Waals surface area contributed by atoms with Crippen LogP contribution in [-0.2, 0) is 4.79 Å². The van der Waals surface area contributed by atoms with E-state index in [0.29, 0.717) is 16.7 Å². The zero-order valence-corrected chi connectivity index (χ0v) is 17.6. The van der Waals surface area contributed by atoms with Gasteiger partial charge >= 0.3 is 0 Å². The predicted molar refractivity (Wildman–Crippen MR) is 123 cm³/mol. The summed E-state index contributed by atoms with van der Waals surface area (Å²) >= 11 is 6.42. The largest absolute Gasteiger partial charge is 0.437 e. The minimum absolute atomic E-state index is 0.0556. The molecule has 152 valence electrons. The molecule has 0 unspecified atom stereocenters. The van der Waals surface area contributed by atoms with E-state index in [1.54, 1.807) is 12.3 Å².